The normalized spacial score (nSPS) is 10.5. The lowest BCUT2D eigenvalue weighted by atomic mass is 10.1. The predicted molar refractivity (Wildman–Crippen MR) is 104 cm³/mol. The Bertz CT molecular complexity index is 1020. The van der Waals surface area contributed by atoms with Gasteiger partial charge in [-0.25, -0.2) is 14.3 Å². The molecule has 0 N–H and O–H groups in total. The number of carbonyl (C=O) groups is 2. The maximum Gasteiger partial charge on any atom is 0.357 e. The summed E-state index contributed by atoms with van der Waals surface area (Å²) in [6.07, 6.45) is 0. The molecule has 3 aromatic rings. The number of halogens is 2. The molecule has 0 atom stereocenters. The van der Waals surface area contributed by atoms with Crippen LogP contribution in [0.25, 0.3) is 16.9 Å². The van der Waals surface area contributed by atoms with Crippen LogP contribution in [0, 0.1) is 0 Å². The third-order valence-corrected chi connectivity index (χ3v) is 4.65. The van der Waals surface area contributed by atoms with E-state index >= 15 is 0 Å². The molecule has 138 valence electrons. The van der Waals surface area contributed by atoms with Crippen LogP contribution in [0.2, 0.25) is 5.02 Å². The van der Waals surface area contributed by atoms with E-state index in [4.69, 9.17) is 21.1 Å². The fourth-order valence-electron chi connectivity index (χ4n) is 2.62. The molecule has 0 aliphatic heterocycles. The second-order valence-electron chi connectivity index (χ2n) is 5.43. The van der Waals surface area contributed by atoms with Crippen LogP contribution in [0.5, 0.6) is 0 Å². The zero-order chi connectivity index (χ0) is 19.6. The van der Waals surface area contributed by atoms with Gasteiger partial charge in [-0.15, -0.1) is 0 Å². The minimum Gasteiger partial charge on any atom is -0.465 e. The van der Waals surface area contributed by atoms with Crippen molar-refractivity contribution in [2.24, 2.45) is 0 Å². The molecule has 3 rings (SSSR count). The summed E-state index contributed by atoms with van der Waals surface area (Å²) >= 11 is 9.70. The van der Waals surface area contributed by atoms with E-state index in [1.807, 2.05) is 6.07 Å². The van der Waals surface area contributed by atoms with Crippen molar-refractivity contribution in [2.75, 3.05) is 14.2 Å². The first-order valence-corrected chi connectivity index (χ1v) is 8.95. The Morgan fingerprint density at radius 2 is 1.70 bits per heavy atom. The van der Waals surface area contributed by atoms with Gasteiger partial charge in [0.2, 0.25) is 0 Å². The van der Waals surface area contributed by atoms with E-state index in [9.17, 15) is 9.59 Å². The number of nitrogens with zero attached hydrogens (tertiary/aromatic N) is 2. The highest BCUT2D eigenvalue weighted by Gasteiger charge is 2.31. The molecule has 0 aliphatic carbocycles. The maximum atomic E-state index is 12.5. The van der Waals surface area contributed by atoms with Crippen LogP contribution in [0.3, 0.4) is 0 Å². The highest BCUT2D eigenvalue weighted by atomic mass is 79.9. The summed E-state index contributed by atoms with van der Waals surface area (Å²) in [4.78, 5) is 25.0. The number of ether oxygens (including phenoxy) is 2. The first-order valence-electron chi connectivity index (χ1n) is 7.78. The molecule has 0 spiro atoms. The molecule has 8 heteroatoms. The third-order valence-electron chi connectivity index (χ3n) is 3.84. The Labute approximate surface area is 168 Å². The number of rotatable bonds is 4. The van der Waals surface area contributed by atoms with Gasteiger partial charge in [0.05, 0.1) is 24.9 Å². The van der Waals surface area contributed by atoms with Gasteiger partial charge < -0.3 is 9.47 Å². The van der Waals surface area contributed by atoms with Crippen molar-refractivity contribution in [1.82, 2.24) is 9.78 Å². The number of benzene rings is 2. The Hall–Kier alpha value is -2.64. The van der Waals surface area contributed by atoms with Crippen LogP contribution in [0.4, 0.5) is 0 Å². The van der Waals surface area contributed by atoms with Crippen molar-refractivity contribution in [2.45, 2.75) is 0 Å². The lowest BCUT2D eigenvalue weighted by Crippen LogP contribution is -2.15. The molecule has 27 heavy (non-hydrogen) atoms. The molecule has 0 unspecified atom stereocenters. The zero-order valence-electron chi connectivity index (χ0n) is 14.4. The molecular weight excluding hydrogens is 436 g/mol. The predicted octanol–water partition coefficient (Wildman–Crippen LogP) is 4.53. The summed E-state index contributed by atoms with van der Waals surface area (Å²) < 4.78 is 11.9. The van der Waals surface area contributed by atoms with Crippen molar-refractivity contribution in [3.63, 3.8) is 0 Å². The maximum absolute atomic E-state index is 12.5. The Morgan fingerprint density at radius 1 is 1.04 bits per heavy atom. The monoisotopic (exact) mass is 448 g/mol. The van der Waals surface area contributed by atoms with Gasteiger partial charge >= 0.3 is 11.9 Å². The summed E-state index contributed by atoms with van der Waals surface area (Å²) in [6.45, 7) is 0. The molecule has 0 aliphatic rings. The standard InChI is InChI=1S/C19H14BrClN2O4/c1-26-18(24)15-16(13-9-8-11(20)10-14(13)21)22-23(17(15)19(25)27-2)12-6-4-3-5-7-12/h3-10H,1-2H3. The van der Waals surface area contributed by atoms with Crippen molar-refractivity contribution >= 4 is 39.5 Å². The molecule has 0 saturated carbocycles. The lowest BCUT2D eigenvalue weighted by Gasteiger charge is -2.07. The van der Waals surface area contributed by atoms with Crippen molar-refractivity contribution < 1.29 is 19.1 Å². The Balaban J connectivity index is 2.38. The number of para-hydroxylation sites is 1. The molecule has 0 radical (unpaired) electrons. The second kappa shape index (κ2) is 7.94. The number of aromatic nitrogens is 2. The van der Waals surface area contributed by atoms with E-state index in [1.165, 1.54) is 18.9 Å². The number of methoxy groups -OCH3 is 2. The average molecular weight is 450 g/mol. The highest BCUT2D eigenvalue weighted by molar-refractivity contribution is 9.10. The van der Waals surface area contributed by atoms with Gasteiger partial charge in [0.25, 0.3) is 0 Å². The van der Waals surface area contributed by atoms with E-state index in [-0.39, 0.29) is 17.0 Å². The van der Waals surface area contributed by atoms with E-state index in [0.717, 1.165) is 4.47 Å². The molecule has 1 aromatic heterocycles. The highest BCUT2D eigenvalue weighted by Crippen LogP contribution is 2.34. The topological polar surface area (TPSA) is 70.4 Å². The fourth-order valence-corrected chi connectivity index (χ4v) is 3.39. The van der Waals surface area contributed by atoms with Gasteiger partial charge in [0.15, 0.2) is 5.69 Å². The van der Waals surface area contributed by atoms with E-state index in [2.05, 4.69) is 21.0 Å². The lowest BCUT2D eigenvalue weighted by molar-refractivity contribution is 0.0549. The van der Waals surface area contributed by atoms with E-state index in [0.29, 0.717) is 16.3 Å². The van der Waals surface area contributed by atoms with E-state index < -0.39 is 11.9 Å². The van der Waals surface area contributed by atoms with Crippen LogP contribution in [-0.2, 0) is 9.47 Å². The number of carbonyl (C=O) groups excluding carboxylic acids is 2. The molecule has 0 fully saturated rings. The quantitative estimate of drug-likeness (QED) is 0.547. The second-order valence-corrected chi connectivity index (χ2v) is 6.75. The largest absolute Gasteiger partial charge is 0.465 e. The smallest absolute Gasteiger partial charge is 0.357 e. The van der Waals surface area contributed by atoms with Gasteiger partial charge in [0.1, 0.15) is 11.3 Å². The van der Waals surface area contributed by atoms with Gasteiger partial charge in [-0.1, -0.05) is 51.8 Å². The number of esters is 2. The minimum atomic E-state index is -0.716. The SMILES string of the molecule is COC(=O)c1c(-c2ccc(Br)cc2Cl)nn(-c2ccccc2)c1C(=O)OC. The van der Waals surface area contributed by atoms with Crippen molar-refractivity contribution in [3.8, 4) is 16.9 Å². The van der Waals surface area contributed by atoms with Crippen molar-refractivity contribution in [3.05, 3.63) is 69.3 Å². The fraction of sp³-hybridized carbons (Fsp3) is 0.105. The average Bonchev–Trinajstić information content (AvgIpc) is 3.07. The zero-order valence-corrected chi connectivity index (χ0v) is 16.7. The molecule has 1 heterocycles. The summed E-state index contributed by atoms with van der Waals surface area (Å²) in [7, 11) is 2.47. The Kier molecular flexibility index (Phi) is 5.62. The first-order chi connectivity index (χ1) is 13.0. The Morgan fingerprint density at radius 3 is 2.30 bits per heavy atom. The molecule has 6 nitrogen and oxygen atoms in total. The summed E-state index contributed by atoms with van der Waals surface area (Å²) in [5.74, 6) is -1.43. The minimum absolute atomic E-state index is 0.0163. The number of hydrogen-bond donors (Lipinski definition) is 0. The van der Waals surface area contributed by atoms with Gasteiger partial charge in [-0.2, -0.15) is 5.10 Å². The third kappa shape index (κ3) is 3.61. The van der Waals surface area contributed by atoms with Crippen molar-refractivity contribution in [1.29, 1.82) is 0 Å². The summed E-state index contributed by atoms with van der Waals surface area (Å²) in [5.41, 5.74) is 1.24. The molecular formula is C19H14BrClN2O4. The van der Waals surface area contributed by atoms with Crippen LogP contribution in [-0.4, -0.2) is 35.9 Å². The van der Waals surface area contributed by atoms with Gasteiger partial charge in [-0.3, -0.25) is 0 Å². The first kappa shape index (κ1) is 19.1. The van der Waals surface area contributed by atoms with E-state index in [1.54, 1.807) is 42.5 Å². The summed E-state index contributed by atoms with van der Waals surface area (Å²) in [6, 6.07) is 14.1. The summed E-state index contributed by atoms with van der Waals surface area (Å²) in [5, 5.41) is 4.86. The molecule has 0 saturated heterocycles. The van der Waals surface area contributed by atoms with Crippen LogP contribution >= 0.6 is 27.5 Å². The van der Waals surface area contributed by atoms with Crippen LogP contribution in [0.1, 0.15) is 20.8 Å². The number of hydrogen-bond acceptors (Lipinski definition) is 5. The van der Waals surface area contributed by atoms with Crippen LogP contribution in [0.15, 0.2) is 53.0 Å². The molecule has 0 bridgehead atoms. The van der Waals surface area contributed by atoms with Crippen LogP contribution < -0.4 is 0 Å². The van der Waals surface area contributed by atoms with Gasteiger partial charge in [0, 0.05) is 10.0 Å². The van der Waals surface area contributed by atoms with Gasteiger partial charge in [-0.05, 0) is 24.3 Å². The molecule has 2 aromatic carbocycles. The molecule has 0 amide bonds.